The Bertz CT molecular complexity index is 832. The van der Waals surface area contributed by atoms with Gasteiger partial charge in [-0.1, -0.05) is 0 Å². The van der Waals surface area contributed by atoms with E-state index in [0.29, 0.717) is 28.3 Å². The van der Waals surface area contributed by atoms with Gasteiger partial charge in [0.2, 0.25) is 0 Å². The molecule has 3 rings (SSSR count). The topological polar surface area (TPSA) is 73.3 Å². The zero-order valence-corrected chi connectivity index (χ0v) is 12.8. The first kappa shape index (κ1) is 14.3. The first-order valence-corrected chi connectivity index (χ1v) is 7.20. The first-order valence-electron chi connectivity index (χ1n) is 6.47. The smallest absolute Gasteiger partial charge is 0.255 e. The lowest BCUT2D eigenvalue weighted by Crippen LogP contribution is -2.12. The molecule has 0 aliphatic heterocycles. The van der Waals surface area contributed by atoms with Crippen LogP contribution >= 0.6 is 11.7 Å². The van der Waals surface area contributed by atoms with Crippen LogP contribution in [0.15, 0.2) is 36.4 Å². The van der Waals surface area contributed by atoms with Gasteiger partial charge >= 0.3 is 0 Å². The number of hydrogen-bond acceptors (Lipinski definition) is 6. The summed E-state index contributed by atoms with van der Waals surface area (Å²) in [5.41, 5.74) is 2.53. The van der Waals surface area contributed by atoms with Crippen LogP contribution in [0.1, 0.15) is 10.4 Å². The Labute approximate surface area is 131 Å². The van der Waals surface area contributed by atoms with Gasteiger partial charge < -0.3 is 14.8 Å². The molecule has 6 nitrogen and oxygen atoms in total. The summed E-state index contributed by atoms with van der Waals surface area (Å²) in [4.78, 5) is 12.4. The molecular weight excluding hydrogens is 302 g/mol. The number of benzene rings is 2. The van der Waals surface area contributed by atoms with Crippen LogP contribution in [-0.2, 0) is 0 Å². The van der Waals surface area contributed by atoms with E-state index in [2.05, 4.69) is 14.1 Å². The third-order valence-corrected chi connectivity index (χ3v) is 3.73. The van der Waals surface area contributed by atoms with E-state index < -0.39 is 0 Å². The number of fused-ring (bicyclic) bond motifs is 1. The summed E-state index contributed by atoms with van der Waals surface area (Å²) >= 11 is 1.12. The number of carbonyl (C=O) groups excluding carboxylic acids is 1. The lowest BCUT2D eigenvalue weighted by molar-refractivity contribution is 0.102. The minimum Gasteiger partial charge on any atom is -0.497 e. The number of nitrogens with one attached hydrogen (secondary N) is 1. The number of rotatable bonds is 4. The number of hydrogen-bond donors (Lipinski definition) is 1. The largest absolute Gasteiger partial charge is 0.497 e. The molecule has 0 aliphatic carbocycles. The minimum absolute atomic E-state index is 0.249. The van der Waals surface area contributed by atoms with Crippen LogP contribution in [0, 0.1) is 0 Å². The van der Waals surface area contributed by atoms with Gasteiger partial charge in [0.1, 0.15) is 22.5 Å². The van der Waals surface area contributed by atoms with Gasteiger partial charge in [-0.25, -0.2) is 0 Å². The molecule has 1 N–H and O–H groups in total. The van der Waals surface area contributed by atoms with Gasteiger partial charge in [-0.2, -0.15) is 8.75 Å². The number of amides is 1. The summed E-state index contributed by atoms with van der Waals surface area (Å²) < 4.78 is 18.7. The molecule has 1 amide bonds. The molecule has 0 aliphatic rings. The lowest BCUT2D eigenvalue weighted by Gasteiger charge is -2.11. The van der Waals surface area contributed by atoms with Crippen LogP contribution in [0.2, 0.25) is 0 Å². The molecule has 0 radical (unpaired) electrons. The molecule has 0 fully saturated rings. The molecule has 0 unspecified atom stereocenters. The van der Waals surface area contributed by atoms with Crippen molar-refractivity contribution in [3.05, 3.63) is 42.0 Å². The Morgan fingerprint density at radius 1 is 1.05 bits per heavy atom. The zero-order valence-electron chi connectivity index (χ0n) is 12.0. The molecule has 3 aromatic rings. The monoisotopic (exact) mass is 315 g/mol. The summed E-state index contributed by atoms with van der Waals surface area (Å²) in [6, 6.07) is 10.4. The van der Waals surface area contributed by atoms with Crippen molar-refractivity contribution >= 4 is 34.4 Å². The van der Waals surface area contributed by atoms with Crippen LogP contribution in [-0.4, -0.2) is 28.9 Å². The maximum atomic E-state index is 12.4. The molecule has 0 saturated carbocycles. The Kier molecular flexibility index (Phi) is 3.88. The highest BCUT2D eigenvalue weighted by Crippen LogP contribution is 2.29. The zero-order chi connectivity index (χ0) is 15.5. The quantitative estimate of drug-likeness (QED) is 0.801. The predicted octanol–water partition coefficient (Wildman–Crippen LogP) is 2.96. The molecule has 22 heavy (non-hydrogen) atoms. The molecule has 7 heteroatoms. The van der Waals surface area contributed by atoms with Crippen LogP contribution in [0.25, 0.3) is 11.0 Å². The van der Waals surface area contributed by atoms with E-state index in [1.54, 1.807) is 50.6 Å². The second-order valence-corrected chi connectivity index (χ2v) is 5.02. The summed E-state index contributed by atoms with van der Waals surface area (Å²) in [7, 11) is 3.11. The lowest BCUT2D eigenvalue weighted by atomic mass is 10.1. The minimum atomic E-state index is -0.249. The van der Waals surface area contributed by atoms with Crippen molar-refractivity contribution in [2.45, 2.75) is 0 Å². The number of aromatic nitrogens is 2. The van der Waals surface area contributed by atoms with E-state index in [1.165, 1.54) is 0 Å². The van der Waals surface area contributed by atoms with Crippen molar-refractivity contribution in [3.63, 3.8) is 0 Å². The number of ether oxygens (including phenoxy) is 2. The van der Waals surface area contributed by atoms with Gasteiger partial charge in [0.15, 0.2) is 0 Å². The molecular formula is C15H13N3O3S. The molecule has 112 valence electrons. The Hall–Kier alpha value is -2.67. The molecule has 0 saturated heterocycles. The Balaban J connectivity index is 1.89. The Morgan fingerprint density at radius 3 is 2.64 bits per heavy atom. The molecule has 0 bridgehead atoms. The number of nitrogens with zero attached hydrogens (tertiary/aromatic N) is 2. The first-order chi connectivity index (χ1) is 10.7. The maximum absolute atomic E-state index is 12.4. The number of methoxy groups -OCH3 is 2. The van der Waals surface area contributed by atoms with Crippen LogP contribution < -0.4 is 14.8 Å². The molecule has 2 aromatic carbocycles. The summed E-state index contributed by atoms with van der Waals surface area (Å²) in [6.07, 6.45) is 0. The normalized spacial score (nSPS) is 10.5. The van der Waals surface area contributed by atoms with Crippen molar-refractivity contribution in [2.75, 3.05) is 19.5 Å². The van der Waals surface area contributed by atoms with Crippen molar-refractivity contribution in [1.82, 2.24) is 8.75 Å². The van der Waals surface area contributed by atoms with Crippen molar-refractivity contribution in [1.29, 1.82) is 0 Å². The molecule has 0 spiro atoms. The maximum Gasteiger partial charge on any atom is 0.255 e. The van der Waals surface area contributed by atoms with Gasteiger partial charge in [-0.3, -0.25) is 4.79 Å². The molecule has 1 aromatic heterocycles. The highest BCUT2D eigenvalue weighted by atomic mass is 32.1. The third-order valence-electron chi connectivity index (χ3n) is 3.17. The van der Waals surface area contributed by atoms with E-state index in [1.807, 2.05) is 0 Å². The standard InChI is InChI=1S/C15H13N3O3S/c1-20-10-4-6-14(21-2)13(8-10)16-15(19)9-3-5-11-12(7-9)18-22-17-11/h3-8H,1-2H3,(H,16,19). The van der Waals surface area contributed by atoms with E-state index in [9.17, 15) is 4.79 Å². The highest BCUT2D eigenvalue weighted by Gasteiger charge is 2.12. The van der Waals surface area contributed by atoms with E-state index in [0.717, 1.165) is 17.2 Å². The van der Waals surface area contributed by atoms with Gasteiger partial charge in [-0.05, 0) is 30.3 Å². The molecule has 0 atom stereocenters. The van der Waals surface area contributed by atoms with Gasteiger partial charge in [0.05, 0.1) is 31.6 Å². The van der Waals surface area contributed by atoms with Crippen molar-refractivity contribution in [3.8, 4) is 11.5 Å². The van der Waals surface area contributed by atoms with E-state index >= 15 is 0 Å². The summed E-state index contributed by atoms with van der Waals surface area (Å²) in [5, 5.41) is 2.82. The third kappa shape index (κ3) is 2.71. The van der Waals surface area contributed by atoms with Crippen LogP contribution in [0.4, 0.5) is 5.69 Å². The summed E-state index contributed by atoms with van der Waals surface area (Å²) in [5.74, 6) is 0.947. The number of anilines is 1. The van der Waals surface area contributed by atoms with Gasteiger partial charge in [0.25, 0.3) is 5.91 Å². The predicted molar refractivity (Wildman–Crippen MR) is 84.9 cm³/mol. The fourth-order valence-corrected chi connectivity index (χ4v) is 2.55. The van der Waals surface area contributed by atoms with Gasteiger partial charge in [0, 0.05) is 11.6 Å². The average Bonchev–Trinajstić information content (AvgIpc) is 3.02. The highest BCUT2D eigenvalue weighted by molar-refractivity contribution is 7.00. The SMILES string of the molecule is COc1ccc(OC)c(NC(=O)c2ccc3nsnc3c2)c1. The van der Waals surface area contributed by atoms with Crippen LogP contribution in [0.5, 0.6) is 11.5 Å². The average molecular weight is 315 g/mol. The Morgan fingerprint density at radius 2 is 1.86 bits per heavy atom. The van der Waals surface area contributed by atoms with Crippen molar-refractivity contribution < 1.29 is 14.3 Å². The fraction of sp³-hybridized carbons (Fsp3) is 0.133. The van der Waals surface area contributed by atoms with Crippen molar-refractivity contribution in [2.24, 2.45) is 0 Å². The van der Waals surface area contributed by atoms with Crippen LogP contribution in [0.3, 0.4) is 0 Å². The summed E-state index contributed by atoms with van der Waals surface area (Å²) in [6.45, 7) is 0. The second kappa shape index (κ2) is 5.98. The number of carbonyl (C=O) groups is 1. The molecule has 1 heterocycles. The van der Waals surface area contributed by atoms with E-state index in [-0.39, 0.29) is 5.91 Å². The van der Waals surface area contributed by atoms with Gasteiger partial charge in [-0.15, -0.1) is 0 Å². The second-order valence-electron chi connectivity index (χ2n) is 4.49. The van der Waals surface area contributed by atoms with E-state index in [4.69, 9.17) is 9.47 Å². The fourth-order valence-electron chi connectivity index (χ4n) is 2.03.